The molecule has 0 spiro atoms. The molecule has 0 fully saturated rings. The van der Waals surface area contributed by atoms with Gasteiger partial charge in [0.25, 0.3) is 5.91 Å². The number of aromatic nitrogens is 3. The number of carbonyl (C=O) groups excluding carboxylic acids is 1. The van der Waals surface area contributed by atoms with Crippen LogP contribution in [0.2, 0.25) is 5.02 Å². The van der Waals surface area contributed by atoms with Crippen molar-refractivity contribution in [1.82, 2.24) is 15.2 Å². The highest BCUT2D eigenvalue weighted by Gasteiger charge is 2.08. The zero-order valence-electron chi connectivity index (χ0n) is 12.0. The standard InChI is InChI=1S/C16H13ClN4O2/c17-14-4-2-1-3-12(14)9-23-13-7-5-11(6-8-13)15(22)20-16-18-10-19-21-16/h1-8,10H,9H2,(H2,18,19,20,21,22). The monoisotopic (exact) mass is 328 g/mol. The summed E-state index contributed by atoms with van der Waals surface area (Å²) in [7, 11) is 0. The van der Waals surface area contributed by atoms with Gasteiger partial charge in [-0.05, 0) is 30.3 Å². The van der Waals surface area contributed by atoms with Crippen molar-refractivity contribution in [1.29, 1.82) is 0 Å². The van der Waals surface area contributed by atoms with E-state index in [2.05, 4.69) is 20.5 Å². The Kier molecular flexibility index (Phi) is 4.54. The van der Waals surface area contributed by atoms with E-state index in [-0.39, 0.29) is 5.91 Å². The van der Waals surface area contributed by atoms with Gasteiger partial charge in [-0.2, -0.15) is 10.1 Å². The van der Waals surface area contributed by atoms with Gasteiger partial charge in [-0.1, -0.05) is 29.8 Å². The lowest BCUT2D eigenvalue weighted by Gasteiger charge is -2.08. The Balaban J connectivity index is 1.61. The zero-order valence-corrected chi connectivity index (χ0v) is 12.7. The van der Waals surface area contributed by atoms with Crippen LogP contribution >= 0.6 is 11.6 Å². The number of anilines is 1. The van der Waals surface area contributed by atoms with Crippen molar-refractivity contribution < 1.29 is 9.53 Å². The van der Waals surface area contributed by atoms with E-state index in [0.29, 0.717) is 28.9 Å². The van der Waals surface area contributed by atoms with Crippen molar-refractivity contribution in [3.63, 3.8) is 0 Å². The van der Waals surface area contributed by atoms with E-state index in [9.17, 15) is 4.79 Å². The lowest BCUT2D eigenvalue weighted by Crippen LogP contribution is -2.12. The molecule has 23 heavy (non-hydrogen) atoms. The molecule has 1 amide bonds. The number of hydrogen-bond acceptors (Lipinski definition) is 4. The summed E-state index contributed by atoms with van der Waals surface area (Å²) in [6.45, 7) is 0.364. The van der Waals surface area contributed by atoms with Crippen LogP contribution in [0.5, 0.6) is 5.75 Å². The molecule has 6 nitrogen and oxygen atoms in total. The van der Waals surface area contributed by atoms with Crippen molar-refractivity contribution in [2.45, 2.75) is 6.61 Å². The van der Waals surface area contributed by atoms with E-state index in [1.54, 1.807) is 24.3 Å². The number of aromatic amines is 1. The van der Waals surface area contributed by atoms with Crippen LogP contribution in [0.25, 0.3) is 0 Å². The van der Waals surface area contributed by atoms with Gasteiger partial charge in [0.1, 0.15) is 18.7 Å². The smallest absolute Gasteiger partial charge is 0.258 e. The Morgan fingerprint density at radius 2 is 1.96 bits per heavy atom. The minimum Gasteiger partial charge on any atom is -0.489 e. The molecule has 3 rings (SSSR count). The molecule has 0 saturated heterocycles. The summed E-state index contributed by atoms with van der Waals surface area (Å²) < 4.78 is 5.67. The van der Waals surface area contributed by atoms with Crippen LogP contribution in [0.1, 0.15) is 15.9 Å². The fourth-order valence-corrected chi connectivity index (χ4v) is 2.11. The minimum atomic E-state index is -0.278. The SMILES string of the molecule is O=C(Nc1ncn[nH]1)c1ccc(OCc2ccccc2Cl)cc1. The topological polar surface area (TPSA) is 79.9 Å². The van der Waals surface area contributed by atoms with Crippen LogP contribution < -0.4 is 10.1 Å². The van der Waals surface area contributed by atoms with Gasteiger partial charge in [-0.25, -0.2) is 5.10 Å². The van der Waals surface area contributed by atoms with Crippen LogP contribution in [0.4, 0.5) is 5.95 Å². The molecule has 2 N–H and O–H groups in total. The summed E-state index contributed by atoms with van der Waals surface area (Å²) in [6, 6.07) is 14.3. The Hall–Kier alpha value is -2.86. The quantitative estimate of drug-likeness (QED) is 0.753. The maximum absolute atomic E-state index is 12.0. The van der Waals surface area contributed by atoms with Crippen LogP contribution in [-0.4, -0.2) is 21.1 Å². The Morgan fingerprint density at radius 1 is 1.17 bits per heavy atom. The van der Waals surface area contributed by atoms with Gasteiger partial charge in [-0.3, -0.25) is 10.1 Å². The molecule has 0 atom stereocenters. The lowest BCUT2D eigenvalue weighted by molar-refractivity contribution is 0.102. The summed E-state index contributed by atoms with van der Waals surface area (Å²) in [5.41, 5.74) is 1.40. The number of carbonyl (C=O) groups is 1. The van der Waals surface area contributed by atoms with E-state index in [1.165, 1.54) is 6.33 Å². The summed E-state index contributed by atoms with van der Waals surface area (Å²) in [6.07, 6.45) is 1.32. The number of benzene rings is 2. The van der Waals surface area contributed by atoms with Crippen LogP contribution in [0.15, 0.2) is 54.9 Å². The second kappa shape index (κ2) is 6.93. The fourth-order valence-electron chi connectivity index (χ4n) is 1.92. The molecular weight excluding hydrogens is 316 g/mol. The maximum atomic E-state index is 12.0. The third-order valence-electron chi connectivity index (χ3n) is 3.12. The van der Waals surface area contributed by atoms with E-state index >= 15 is 0 Å². The maximum Gasteiger partial charge on any atom is 0.258 e. The van der Waals surface area contributed by atoms with Gasteiger partial charge in [0.15, 0.2) is 0 Å². The molecule has 0 saturated carbocycles. The molecule has 7 heteroatoms. The average molecular weight is 329 g/mol. The first-order chi connectivity index (χ1) is 11.2. The molecule has 0 bridgehead atoms. The van der Waals surface area contributed by atoms with Gasteiger partial charge in [0.05, 0.1) is 0 Å². The first-order valence-corrected chi connectivity index (χ1v) is 7.23. The second-order valence-electron chi connectivity index (χ2n) is 4.69. The van der Waals surface area contributed by atoms with Crippen LogP contribution in [0.3, 0.4) is 0 Å². The average Bonchev–Trinajstić information content (AvgIpc) is 3.07. The van der Waals surface area contributed by atoms with Crippen LogP contribution in [-0.2, 0) is 6.61 Å². The van der Waals surface area contributed by atoms with Crippen molar-refractivity contribution in [2.75, 3.05) is 5.32 Å². The molecule has 0 unspecified atom stereocenters. The number of ether oxygens (including phenoxy) is 1. The van der Waals surface area contributed by atoms with E-state index in [4.69, 9.17) is 16.3 Å². The van der Waals surface area contributed by atoms with Gasteiger partial charge in [0.2, 0.25) is 5.95 Å². The highest BCUT2D eigenvalue weighted by Crippen LogP contribution is 2.19. The Morgan fingerprint density at radius 3 is 2.65 bits per heavy atom. The van der Waals surface area contributed by atoms with Crippen molar-refractivity contribution in [2.24, 2.45) is 0 Å². The summed E-state index contributed by atoms with van der Waals surface area (Å²) >= 11 is 6.08. The molecule has 0 aliphatic heterocycles. The number of hydrogen-bond donors (Lipinski definition) is 2. The molecule has 0 radical (unpaired) electrons. The van der Waals surface area contributed by atoms with E-state index < -0.39 is 0 Å². The first kappa shape index (κ1) is 15.1. The molecular formula is C16H13ClN4O2. The van der Waals surface area contributed by atoms with E-state index in [0.717, 1.165) is 5.56 Å². The van der Waals surface area contributed by atoms with Gasteiger partial charge in [-0.15, -0.1) is 0 Å². The fraction of sp³-hybridized carbons (Fsp3) is 0.0625. The molecule has 1 heterocycles. The normalized spacial score (nSPS) is 10.3. The summed E-state index contributed by atoms with van der Waals surface area (Å²) in [4.78, 5) is 15.8. The Bertz CT molecular complexity index is 788. The largest absolute Gasteiger partial charge is 0.489 e. The predicted molar refractivity (Wildman–Crippen MR) is 86.6 cm³/mol. The third-order valence-corrected chi connectivity index (χ3v) is 3.48. The van der Waals surface area contributed by atoms with Crippen molar-refractivity contribution >= 4 is 23.5 Å². The van der Waals surface area contributed by atoms with Crippen LogP contribution in [0, 0.1) is 0 Å². The summed E-state index contributed by atoms with van der Waals surface area (Å²) in [5, 5.41) is 9.48. The zero-order chi connectivity index (χ0) is 16.1. The van der Waals surface area contributed by atoms with Gasteiger partial charge in [0, 0.05) is 16.1 Å². The summed E-state index contributed by atoms with van der Waals surface area (Å²) in [5.74, 6) is 0.676. The highest BCUT2D eigenvalue weighted by molar-refractivity contribution is 6.31. The molecule has 1 aromatic heterocycles. The molecule has 116 valence electrons. The number of rotatable bonds is 5. The van der Waals surface area contributed by atoms with Gasteiger partial charge < -0.3 is 4.74 Å². The highest BCUT2D eigenvalue weighted by atomic mass is 35.5. The third kappa shape index (κ3) is 3.87. The number of nitrogens with one attached hydrogen (secondary N) is 2. The molecule has 0 aliphatic rings. The van der Waals surface area contributed by atoms with Gasteiger partial charge >= 0.3 is 0 Å². The first-order valence-electron chi connectivity index (χ1n) is 6.85. The number of halogens is 1. The molecule has 3 aromatic rings. The number of nitrogens with zero attached hydrogens (tertiary/aromatic N) is 2. The Labute approximate surface area is 137 Å². The van der Waals surface area contributed by atoms with Crippen molar-refractivity contribution in [3.05, 3.63) is 71.0 Å². The minimum absolute atomic E-state index is 0.278. The number of H-pyrrole nitrogens is 1. The second-order valence-corrected chi connectivity index (χ2v) is 5.10. The van der Waals surface area contributed by atoms with Crippen molar-refractivity contribution in [3.8, 4) is 5.75 Å². The lowest BCUT2D eigenvalue weighted by atomic mass is 10.2. The molecule has 2 aromatic carbocycles. The predicted octanol–water partition coefficient (Wildman–Crippen LogP) is 3.29. The molecule has 0 aliphatic carbocycles. The van der Waals surface area contributed by atoms with E-state index in [1.807, 2.05) is 24.3 Å². The number of amides is 1.